The summed E-state index contributed by atoms with van der Waals surface area (Å²) < 4.78 is 5.45. The highest BCUT2D eigenvalue weighted by atomic mass is 16.6. The van der Waals surface area contributed by atoms with Gasteiger partial charge in [0.2, 0.25) is 11.8 Å². The summed E-state index contributed by atoms with van der Waals surface area (Å²) in [6, 6.07) is 4.27. The second-order valence-electron chi connectivity index (χ2n) is 10.9. The van der Waals surface area contributed by atoms with Crippen molar-refractivity contribution in [3.8, 4) is 0 Å². The van der Waals surface area contributed by atoms with Gasteiger partial charge in [-0.05, 0) is 66.4 Å². The number of hydrogen-bond donors (Lipinski definition) is 2. The van der Waals surface area contributed by atoms with Crippen molar-refractivity contribution in [1.82, 2.24) is 15.5 Å². The van der Waals surface area contributed by atoms with Crippen LogP contribution >= 0.6 is 0 Å². The summed E-state index contributed by atoms with van der Waals surface area (Å²) in [6.45, 7) is 19.5. The van der Waals surface area contributed by atoms with Crippen molar-refractivity contribution >= 4 is 17.9 Å². The number of ether oxygens (including phenoxy) is 1. The van der Waals surface area contributed by atoms with Crippen molar-refractivity contribution < 1.29 is 19.1 Å². The van der Waals surface area contributed by atoms with Gasteiger partial charge in [0, 0.05) is 12.6 Å². The van der Waals surface area contributed by atoms with E-state index in [1.807, 2.05) is 66.7 Å². The third-order valence-electron chi connectivity index (χ3n) is 5.74. The molecule has 0 aliphatic carbocycles. The molecule has 3 unspecified atom stereocenters. The Bertz CT molecular complexity index is 840. The van der Waals surface area contributed by atoms with E-state index >= 15 is 0 Å². The molecule has 7 heteroatoms. The molecule has 35 heavy (non-hydrogen) atoms. The van der Waals surface area contributed by atoms with Crippen molar-refractivity contribution in [3.63, 3.8) is 0 Å². The summed E-state index contributed by atoms with van der Waals surface area (Å²) in [5, 5.41) is 5.81. The minimum atomic E-state index is -0.813. The Kier molecular flexibility index (Phi) is 11.7. The van der Waals surface area contributed by atoms with Crippen LogP contribution in [0, 0.1) is 19.8 Å². The van der Waals surface area contributed by atoms with E-state index in [9.17, 15) is 14.4 Å². The van der Waals surface area contributed by atoms with E-state index in [4.69, 9.17) is 4.74 Å². The molecule has 0 heterocycles. The lowest BCUT2D eigenvalue weighted by atomic mass is 9.94. The predicted molar refractivity (Wildman–Crippen MR) is 141 cm³/mol. The molecule has 1 aromatic rings. The molecular formula is C28H47N3O4. The van der Waals surface area contributed by atoms with E-state index in [0.29, 0.717) is 13.0 Å². The molecule has 0 saturated heterocycles. The fourth-order valence-electron chi connectivity index (χ4n) is 4.00. The van der Waals surface area contributed by atoms with Crippen LogP contribution in [0.15, 0.2) is 18.2 Å². The highest BCUT2D eigenvalue weighted by Crippen LogP contribution is 2.27. The van der Waals surface area contributed by atoms with E-state index in [2.05, 4.69) is 10.6 Å². The van der Waals surface area contributed by atoms with Crippen LogP contribution in [-0.4, -0.2) is 47.0 Å². The molecule has 7 nitrogen and oxygen atoms in total. The molecular weight excluding hydrogens is 442 g/mol. The van der Waals surface area contributed by atoms with Crippen LogP contribution in [0.2, 0.25) is 0 Å². The van der Waals surface area contributed by atoms with Gasteiger partial charge in [0.05, 0.1) is 0 Å². The summed E-state index contributed by atoms with van der Waals surface area (Å²) in [5.74, 6) is -0.649. The van der Waals surface area contributed by atoms with E-state index in [-0.39, 0.29) is 23.8 Å². The zero-order chi connectivity index (χ0) is 26.9. The van der Waals surface area contributed by atoms with Crippen molar-refractivity contribution in [2.45, 2.75) is 112 Å². The third kappa shape index (κ3) is 9.90. The zero-order valence-corrected chi connectivity index (χ0v) is 23.5. The van der Waals surface area contributed by atoms with Gasteiger partial charge in [-0.15, -0.1) is 0 Å². The largest absolute Gasteiger partial charge is 0.444 e. The number of rotatable bonds is 11. The highest BCUT2D eigenvalue weighted by Gasteiger charge is 2.38. The van der Waals surface area contributed by atoms with Gasteiger partial charge >= 0.3 is 6.09 Å². The van der Waals surface area contributed by atoms with Gasteiger partial charge < -0.3 is 20.3 Å². The maximum Gasteiger partial charge on any atom is 0.408 e. The summed E-state index contributed by atoms with van der Waals surface area (Å²) in [4.78, 5) is 41.9. The number of amides is 3. The highest BCUT2D eigenvalue weighted by molar-refractivity contribution is 5.92. The summed E-state index contributed by atoms with van der Waals surface area (Å²) in [7, 11) is 0. The molecule has 2 N–H and O–H groups in total. The second-order valence-corrected chi connectivity index (χ2v) is 10.9. The topological polar surface area (TPSA) is 87.7 Å². The minimum Gasteiger partial charge on any atom is -0.444 e. The molecule has 0 radical (unpaired) electrons. The molecule has 3 amide bonds. The lowest BCUT2D eigenvalue weighted by Gasteiger charge is -2.36. The van der Waals surface area contributed by atoms with Gasteiger partial charge in [-0.1, -0.05) is 62.9 Å². The molecule has 198 valence electrons. The van der Waals surface area contributed by atoms with Crippen LogP contribution in [0.3, 0.4) is 0 Å². The molecule has 1 aromatic carbocycles. The Morgan fingerprint density at radius 3 is 2.00 bits per heavy atom. The summed E-state index contributed by atoms with van der Waals surface area (Å²) in [5.41, 5.74) is 2.13. The number of carbonyl (C=O) groups is 3. The van der Waals surface area contributed by atoms with Crippen LogP contribution in [-0.2, 0) is 14.3 Å². The fourth-order valence-corrected chi connectivity index (χ4v) is 4.00. The van der Waals surface area contributed by atoms with Gasteiger partial charge in [-0.2, -0.15) is 0 Å². The molecule has 0 spiro atoms. The van der Waals surface area contributed by atoms with Crippen LogP contribution in [0.4, 0.5) is 4.79 Å². The minimum absolute atomic E-state index is 0.0794. The molecule has 0 bridgehead atoms. The fraction of sp³-hybridized carbons (Fsp3) is 0.679. The Labute approximate surface area is 212 Å². The lowest BCUT2D eigenvalue weighted by molar-refractivity contribution is -0.143. The van der Waals surface area contributed by atoms with Crippen LogP contribution in [0.1, 0.15) is 97.4 Å². The quantitative estimate of drug-likeness (QED) is 0.433. The molecule has 0 aliphatic heterocycles. The van der Waals surface area contributed by atoms with E-state index in [1.54, 1.807) is 25.7 Å². The first-order valence-electron chi connectivity index (χ1n) is 12.9. The normalized spacial score (nSPS) is 14.1. The van der Waals surface area contributed by atoms with Gasteiger partial charge in [-0.3, -0.25) is 9.59 Å². The standard InChI is InChI=1S/C28H47N3O4/c1-11-13-14-31(26(33)23(21(7)12-2)30-27(34)35-28(8,9)10)24(25(32)29-18(3)4)22-16-19(5)15-20(6)17-22/h15-18,21,23-24H,11-14H2,1-10H3,(H,29,32)(H,30,34). The first kappa shape index (κ1) is 30.5. The molecule has 1 rings (SSSR count). The van der Waals surface area contributed by atoms with Crippen molar-refractivity contribution in [2.24, 2.45) is 5.92 Å². The first-order valence-corrected chi connectivity index (χ1v) is 12.9. The lowest BCUT2D eigenvalue weighted by Crippen LogP contribution is -2.55. The van der Waals surface area contributed by atoms with Crippen molar-refractivity contribution in [3.05, 3.63) is 34.9 Å². The molecule has 0 aliphatic rings. The monoisotopic (exact) mass is 489 g/mol. The first-order chi connectivity index (χ1) is 16.2. The summed E-state index contributed by atoms with van der Waals surface area (Å²) in [6.07, 6.45) is 1.64. The number of aryl methyl sites for hydroxylation is 2. The number of hydrogen-bond acceptors (Lipinski definition) is 4. The number of benzene rings is 1. The molecule has 0 fully saturated rings. The number of unbranched alkanes of at least 4 members (excludes halogenated alkanes) is 1. The number of alkyl carbamates (subject to hydrolysis) is 1. The maximum absolute atomic E-state index is 14.1. The summed E-state index contributed by atoms with van der Waals surface area (Å²) >= 11 is 0. The number of nitrogens with one attached hydrogen (secondary N) is 2. The van der Waals surface area contributed by atoms with Crippen molar-refractivity contribution in [1.29, 1.82) is 0 Å². The van der Waals surface area contributed by atoms with Gasteiger partial charge in [-0.25, -0.2) is 4.79 Å². The smallest absolute Gasteiger partial charge is 0.408 e. The van der Waals surface area contributed by atoms with Crippen molar-refractivity contribution in [2.75, 3.05) is 6.54 Å². The van der Waals surface area contributed by atoms with E-state index in [1.165, 1.54) is 0 Å². The van der Waals surface area contributed by atoms with E-state index in [0.717, 1.165) is 29.5 Å². The Morgan fingerprint density at radius 2 is 1.54 bits per heavy atom. The van der Waals surface area contributed by atoms with Gasteiger partial charge in [0.1, 0.15) is 17.7 Å². The van der Waals surface area contributed by atoms with Gasteiger partial charge in [0.15, 0.2) is 0 Å². The van der Waals surface area contributed by atoms with Gasteiger partial charge in [0.25, 0.3) is 0 Å². The van der Waals surface area contributed by atoms with E-state index < -0.39 is 23.8 Å². The Balaban J connectivity index is 3.55. The van der Waals surface area contributed by atoms with Crippen LogP contribution < -0.4 is 10.6 Å². The SMILES string of the molecule is CCCCN(C(=O)C(NC(=O)OC(C)(C)C)C(C)CC)C(C(=O)NC(C)C)c1cc(C)cc(C)c1. The Hall–Kier alpha value is -2.57. The van der Waals surface area contributed by atoms with Crippen LogP contribution in [0.5, 0.6) is 0 Å². The van der Waals surface area contributed by atoms with Crippen LogP contribution in [0.25, 0.3) is 0 Å². The number of carbonyl (C=O) groups excluding carboxylic acids is 3. The molecule has 0 saturated carbocycles. The Morgan fingerprint density at radius 1 is 0.971 bits per heavy atom. The second kappa shape index (κ2) is 13.5. The zero-order valence-electron chi connectivity index (χ0n) is 23.5. The predicted octanol–water partition coefficient (Wildman–Crippen LogP) is 5.44. The average molecular weight is 490 g/mol. The molecule has 3 atom stereocenters. The maximum atomic E-state index is 14.1. The number of nitrogens with zero attached hydrogens (tertiary/aromatic N) is 1. The average Bonchev–Trinajstić information content (AvgIpc) is 2.71. The third-order valence-corrected chi connectivity index (χ3v) is 5.74. The molecule has 0 aromatic heterocycles.